The Morgan fingerprint density at radius 3 is 2.80 bits per heavy atom. The lowest BCUT2D eigenvalue weighted by Gasteiger charge is -2.23. The summed E-state index contributed by atoms with van der Waals surface area (Å²) in [5, 5.41) is 0. The van der Waals surface area contributed by atoms with Crippen LogP contribution >= 0.6 is 0 Å². The largest absolute Gasteiger partial charge is 0.345 e. The summed E-state index contributed by atoms with van der Waals surface area (Å²) in [5.41, 5.74) is 9.92. The molecule has 78 valence electrons. The molecule has 0 saturated carbocycles. The molecule has 2 N–H and O–H groups in total. The first kappa shape index (κ1) is 9.93. The van der Waals surface area contributed by atoms with E-state index in [1.165, 1.54) is 0 Å². The zero-order valence-corrected chi connectivity index (χ0v) is 9.07. The van der Waals surface area contributed by atoms with Gasteiger partial charge in [-0.1, -0.05) is 24.8 Å². The van der Waals surface area contributed by atoms with Crippen LogP contribution in [0.2, 0.25) is 0 Å². The molecule has 1 aliphatic rings. The first-order valence-corrected chi connectivity index (χ1v) is 4.93. The Kier molecular flexibility index (Phi) is 2.32. The van der Waals surface area contributed by atoms with Crippen LogP contribution in [0.5, 0.6) is 0 Å². The molecule has 0 bridgehead atoms. The molecule has 1 atom stereocenters. The summed E-state index contributed by atoms with van der Waals surface area (Å²) in [5.74, 6) is 0. The van der Waals surface area contributed by atoms with Gasteiger partial charge in [-0.25, -0.2) is 0 Å². The topological polar surface area (TPSA) is 41.6 Å². The van der Waals surface area contributed by atoms with Crippen molar-refractivity contribution in [2.75, 3.05) is 11.9 Å². The van der Waals surface area contributed by atoms with Gasteiger partial charge in [-0.05, 0) is 13.0 Å². The fraction of sp³-hybridized carbons (Fsp3) is 0.250. The van der Waals surface area contributed by atoms with Crippen molar-refractivity contribution in [3.05, 3.63) is 42.1 Å². The number of hydrogen-bond acceptors (Lipinski definition) is 3. The fourth-order valence-corrected chi connectivity index (χ4v) is 1.78. The molecule has 0 radical (unpaired) electrons. The molecule has 15 heavy (non-hydrogen) atoms. The third-order valence-electron chi connectivity index (χ3n) is 2.76. The van der Waals surface area contributed by atoms with E-state index in [9.17, 15) is 0 Å². The first-order valence-electron chi connectivity index (χ1n) is 4.93. The van der Waals surface area contributed by atoms with Crippen LogP contribution < -0.4 is 10.6 Å². The van der Waals surface area contributed by atoms with Gasteiger partial charge >= 0.3 is 0 Å². The minimum Gasteiger partial charge on any atom is -0.345 e. The van der Waals surface area contributed by atoms with Crippen LogP contribution in [0.25, 0.3) is 0 Å². The Morgan fingerprint density at radius 2 is 2.07 bits per heavy atom. The molecule has 0 saturated heterocycles. The number of para-hydroxylation sites is 1. The number of nitrogens with two attached hydrogens (primary N) is 1. The van der Waals surface area contributed by atoms with Crippen LogP contribution in [0.1, 0.15) is 12.5 Å². The second-order valence-electron chi connectivity index (χ2n) is 3.73. The van der Waals surface area contributed by atoms with Crippen molar-refractivity contribution in [3.63, 3.8) is 0 Å². The number of fused-ring (bicyclic) bond motifs is 1. The highest BCUT2D eigenvalue weighted by Crippen LogP contribution is 2.26. The monoisotopic (exact) mass is 201 g/mol. The second-order valence-corrected chi connectivity index (χ2v) is 3.73. The lowest BCUT2D eigenvalue weighted by atomic mass is 10.1. The molecule has 1 aromatic rings. The van der Waals surface area contributed by atoms with Gasteiger partial charge in [-0.3, -0.25) is 4.99 Å². The van der Waals surface area contributed by atoms with Gasteiger partial charge in [0.05, 0.1) is 0 Å². The maximum absolute atomic E-state index is 5.91. The van der Waals surface area contributed by atoms with E-state index in [1.807, 2.05) is 31.0 Å². The fourth-order valence-electron chi connectivity index (χ4n) is 1.78. The number of hydrogen-bond donors (Lipinski definition) is 1. The average molecular weight is 201 g/mol. The van der Waals surface area contributed by atoms with Gasteiger partial charge in [0.15, 0.2) is 0 Å². The van der Waals surface area contributed by atoms with Crippen LogP contribution in [0, 0.1) is 0 Å². The average Bonchev–Trinajstić information content (AvgIpc) is 2.33. The first-order chi connectivity index (χ1) is 7.11. The van der Waals surface area contributed by atoms with Crippen LogP contribution in [-0.2, 0) is 0 Å². The van der Waals surface area contributed by atoms with E-state index >= 15 is 0 Å². The van der Waals surface area contributed by atoms with Crippen molar-refractivity contribution in [1.82, 2.24) is 0 Å². The molecule has 1 unspecified atom stereocenters. The second kappa shape index (κ2) is 3.51. The van der Waals surface area contributed by atoms with Crippen molar-refractivity contribution in [1.29, 1.82) is 0 Å². The molecule has 0 aromatic heterocycles. The molecule has 0 aliphatic carbocycles. The number of rotatable bonds is 0. The van der Waals surface area contributed by atoms with Crippen LogP contribution in [-0.4, -0.2) is 18.9 Å². The summed E-state index contributed by atoms with van der Waals surface area (Å²) in [6, 6.07) is 8.12. The molecule has 3 heteroatoms. The predicted octanol–water partition coefficient (Wildman–Crippen LogP) is 1.74. The molecule has 1 heterocycles. The van der Waals surface area contributed by atoms with E-state index in [2.05, 4.69) is 23.7 Å². The van der Waals surface area contributed by atoms with Gasteiger partial charge in [0, 0.05) is 29.7 Å². The van der Waals surface area contributed by atoms with Gasteiger partial charge in [0.1, 0.15) is 6.17 Å². The summed E-state index contributed by atoms with van der Waals surface area (Å²) < 4.78 is 0. The third-order valence-corrected chi connectivity index (χ3v) is 2.76. The van der Waals surface area contributed by atoms with Crippen LogP contribution in [0.3, 0.4) is 0 Å². The smallest absolute Gasteiger partial charge is 0.137 e. The number of aliphatic imine (C=N–C) groups is 1. The Bertz CT molecular complexity index is 434. The highest BCUT2D eigenvalue weighted by Gasteiger charge is 2.19. The molecular formula is C12H15N3. The molecule has 0 spiro atoms. The zero-order valence-electron chi connectivity index (χ0n) is 9.07. The summed E-state index contributed by atoms with van der Waals surface area (Å²) in [6.45, 7) is 5.94. The number of anilines is 1. The molecule has 0 fully saturated rings. The van der Waals surface area contributed by atoms with E-state index in [4.69, 9.17) is 5.73 Å². The summed E-state index contributed by atoms with van der Waals surface area (Å²) in [6.07, 6.45) is -0.345. The highest BCUT2D eigenvalue weighted by molar-refractivity contribution is 6.04. The van der Waals surface area contributed by atoms with E-state index in [0.29, 0.717) is 0 Å². The molecule has 2 rings (SSSR count). The Hall–Kier alpha value is -1.61. The summed E-state index contributed by atoms with van der Waals surface area (Å²) in [7, 11) is 1.97. The molecule has 0 amide bonds. The van der Waals surface area contributed by atoms with Gasteiger partial charge < -0.3 is 10.6 Å². The minimum absolute atomic E-state index is 0.345. The van der Waals surface area contributed by atoms with E-state index in [-0.39, 0.29) is 6.17 Å². The van der Waals surface area contributed by atoms with Crippen molar-refractivity contribution < 1.29 is 0 Å². The quantitative estimate of drug-likeness (QED) is 0.694. The maximum Gasteiger partial charge on any atom is 0.137 e. The molecule has 1 aromatic carbocycles. The molecular weight excluding hydrogens is 186 g/mol. The van der Waals surface area contributed by atoms with Gasteiger partial charge in [-0.2, -0.15) is 0 Å². The van der Waals surface area contributed by atoms with Crippen LogP contribution in [0.15, 0.2) is 41.5 Å². The number of nitrogens with zero attached hydrogens (tertiary/aromatic N) is 2. The zero-order chi connectivity index (χ0) is 11.0. The minimum atomic E-state index is -0.345. The van der Waals surface area contributed by atoms with Crippen LogP contribution in [0.4, 0.5) is 5.69 Å². The lowest BCUT2D eigenvalue weighted by molar-refractivity contribution is 0.793. The standard InChI is InChI=1S/C12H15N3/c1-8-10-6-4-5-7-11(10)15(3)9(2)12(13)14-8/h4-7,12H,2,13H2,1,3H3. The van der Waals surface area contributed by atoms with E-state index in [0.717, 1.165) is 22.7 Å². The van der Waals surface area contributed by atoms with Crippen molar-refractivity contribution in [2.24, 2.45) is 10.7 Å². The number of benzodiazepines with no additional fused rings is 1. The van der Waals surface area contributed by atoms with Crippen molar-refractivity contribution in [3.8, 4) is 0 Å². The Morgan fingerprint density at radius 1 is 1.40 bits per heavy atom. The number of likely N-dealkylation sites (N-methyl/N-ethyl adjacent to an activating group) is 1. The maximum atomic E-state index is 5.91. The van der Waals surface area contributed by atoms with Gasteiger partial charge in [-0.15, -0.1) is 0 Å². The van der Waals surface area contributed by atoms with Crippen molar-refractivity contribution in [2.45, 2.75) is 13.1 Å². The van der Waals surface area contributed by atoms with Crippen molar-refractivity contribution >= 4 is 11.4 Å². The van der Waals surface area contributed by atoms with Gasteiger partial charge in [0.25, 0.3) is 0 Å². The normalized spacial score (nSPS) is 20.7. The predicted molar refractivity (Wildman–Crippen MR) is 64.2 cm³/mol. The third kappa shape index (κ3) is 1.55. The number of benzene rings is 1. The summed E-state index contributed by atoms with van der Waals surface area (Å²) >= 11 is 0. The Balaban J connectivity index is 2.63. The SMILES string of the molecule is C=C1C(N)N=C(C)c2ccccc2N1C. The van der Waals surface area contributed by atoms with E-state index in [1.54, 1.807) is 0 Å². The Labute approximate surface area is 89.9 Å². The van der Waals surface area contributed by atoms with Gasteiger partial charge in [0.2, 0.25) is 0 Å². The highest BCUT2D eigenvalue weighted by atomic mass is 15.2. The van der Waals surface area contributed by atoms with E-state index < -0.39 is 0 Å². The molecule has 3 nitrogen and oxygen atoms in total. The lowest BCUT2D eigenvalue weighted by Crippen LogP contribution is -2.29. The molecule has 1 aliphatic heterocycles. The summed E-state index contributed by atoms with van der Waals surface area (Å²) in [4.78, 5) is 6.40.